The Hall–Kier alpha value is -0.940. The molecule has 0 spiro atoms. The third-order valence-electron chi connectivity index (χ3n) is 3.08. The molecule has 1 atom stereocenters. The van der Waals surface area contributed by atoms with Crippen LogP contribution in [0.3, 0.4) is 0 Å². The van der Waals surface area contributed by atoms with Crippen LogP contribution in [0.1, 0.15) is 27.9 Å². The van der Waals surface area contributed by atoms with Crippen LogP contribution in [0.4, 0.5) is 0 Å². The molecule has 0 aliphatic rings. The van der Waals surface area contributed by atoms with Gasteiger partial charge in [-0.2, -0.15) is 0 Å². The Kier molecular flexibility index (Phi) is 5.54. The second-order valence-electron chi connectivity index (χ2n) is 4.71. The predicted molar refractivity (Wildman–Crippen MR) is 84.8 cm³/mol. The lowest BCUT2D eigenvalue weighted by molar-refractivity contribution is 0.197. The van der Waals surface area contributed by atoms with Gasteiger partial charge in [0.25, 0.3) is 0 Å². The van der Waals surface area contributed by atoms with Crippen molar-refractivity contribution in [1.29, 1.82) is 0 Å². The van der Waals surface area contributed by atoms with Gasteiger partial charge in [0.2, 0.25) is 0 Å². The third kappa shape index (κ3) is 3.79. The molecule has 5 heteroatoms. The smallest absolute Gasteiger partial charge is 0.114 e. The fourth-order valence-electron chi connectivity index (χ4n) is 2.10. The molecule has 2 rings (SSSR count). The molecule has 0 saturated heterocycles. The summed E-state index contributed by atoms with van der Waals surface area (Å²) in [5.41, 5.74) is 3.43. The molecule has 1 N–H and O–H groups in total. The van der Waals surface area contributed by atoms with Crippen LogP contribution in [0.5, 0.6) is 0 Å². The Morgan fingerprint density at radius 2 is 2.20 bits per heavy atom. The Morgan fingerprint density at radius 3 is 2.80 bits per heavy atom. The largest absolute Gasteiger partial charge is 0.383 e. The highest BCUT2D eigenvalue weighted by atomic mass is 35.5. The molecule has 0 aliphatic carbocycles. The highest BCUT2D eigenvalue weighted by molar-refractivity contribution is 7.09. The van der Waals surface area contributed by atoms with Crippen molar-refractivity contribution in [3.63, 3.8) is 0 Å². The van der Waals surface area contributed by atoms with Crippen LogP contribution in [-0.4, -0.2) is 25.2 Å². The maximum Gasteiger partial charge on any atom is 0.114 e. The lowest BCUT2D eigenvalue weighted by Gasteiger charge is -2.19. The van der Waals surface area contributed by atoms with Crippen LogP contribution in [0.25, 0.3) is 0 Å². The van der Waals surface area contributed by atoms with E-state index < -0.39 is 0 Å². The fourth-order valence-corrected chi connectivity index (χ4v) is 3.22. The molecular weight excluding hydrogens is 292 g/mol. The highest BCUT2D eigenvalue weighted by Crippen LogP contribution is 2.28. The summed E-state index contributed by atoms with van der Waals surface area (Å²) in [6.45, 7) is 5.54. The van der Waals surface area contributed by atoms with E-state index in [0.29, 0.717) is 6.61 Å². The zero-order valence-corrected chi connectivity index (χ0v) is 13.5. The van der Waals surface area contributed by atoms with E-state index in [0.717, 1.165) is 22.3 Å². The van der Waals surface area contributed by atoms with Gasteiger partial charge in [0.15, 0.2) is 0 Å². The van der Waals surface area contributed by atoms with E-state index in [1.54, 1.807) is 18.4 Å². The minimum atomic E-state index is 0.0844. The molecule has 3 nitrogen and oxygen atoms in total. The molecule has 0 aliphatic heterocycles. The average molecular weight is 311 g/mol. The van der Waals surface area contributed by atoms with E-state index in [1.165, 1.54) is 11.1 Å². The van der Waals surface area contributed by atoms with Crippen molar-refractivity contribution in [2.45, 2.75) is 19.9 Å². The average Bonchev–Trinajstić information content (AvgIpc) is 2.82. The monoisotopic (exact) mass is 310 g/mol. The van der Waals surface area contributed by atoms with E-state index in [2.05, 4.69) is 28.7 Å². The molecule has 1 heterocycles. The summed E-state index contributed by atoms with van der Waals surface area (Å²) >= 11 is 7.72. The number of rotatable bonds is 6. The van der Waals surface area contributed by atoms with Gasteiger partial charge < -0.3 is 10.1 Å². The molecule has 1 aromatic carbocycles. The maximum atomic E-state index is 6.05. The number of nitrogens with one attached hydrogen (secondary N) is 1. The Balaban J connectivity index is 2.30. The van der Waals surface area contributed by atoms with Crippen molar-refractivity contribution < 1.29 is 4.74 Å². The SMILES string of the molecule is COCCNC(c1nc(C)cs1)c1ccc(Cl)cc1C. The Bertz CT molecular complexity index is 571. The molecule has 1 unspecified atom stereocenters. The first kappa shape index (κ1) is 15.4. The van der Waals surface area contributed by atoms with Crippen molar-refractivity contribution in [1.82, 2.24) is 10.3 Å². The lowest BCUT2D eigenvalue weighted by atomic mass is 10.0. The van der Waals surface area contributed by atoms with E-state index >= 15 is 0 Å². The molecule has 108 valence electrons. The number of ether oxygens (including phenoxy) is 1. The summed E-state index contributed by atoms with van der Waals surface area (Å²) in [6, 6.07) is 6.07. The second kappa shape index (κ2) is 7.18. The number of aryl methyl sites for hydroxylation is 2. The molecule has 0 fully saturated rings. The molecular formula is C15H19ClN2OS. The summed E-state index contributed by atoms with van der Waals surface area (Å²) in [7, 11) is 1.71. The van der Waals surface area contributed by atoms with Gasteiger partial charge >= 0.3 is 0 Å². The standard InChI is InChI=1S/C15H19ClN2OS/c1-10-8-12(16)4-5-13(10)14(17-6-7-19-3)15-18-11(2)9-20-15/h4-5,8-9,14,17H,6-7H2,1-3H3. The summed E-state index contributed by atoms with van der Waals surface area (Å²) in [5.74, 6) is 0. The minimum Gasteiger partial charge on any atom is -0.383 e. The van der Waals surface area contributed by atoms with Gasteiger partial charge in [-0.25, -0.2) is 4.98 Å². The van der Waals surface area contributed by atoms with Crippen LogP contribution < -0.4 is 5.32 Å². The van der Waals surface area contributed by atoms with Gasteiger partial charge in [0.05, 0.1) is 12.6 Å². The molecule has 2 aromatic rings. The first-order chi connectivity index (χ1) is 9.61. The number of benzene rings is 1. The van der Waals surface area contributed by atoms with Gasteiger partial charge in [-0.3, -0.25) is 0 Å². The molecule has 0 bridgehead atoms. The van der Waals surface area contributed by atoms with Gasteiger partial charge in [0.1, 0.15) is 5.01 Å². The Morgan fingerprint density at radius 1 is 1.40 bits per heavy atom. The highest BCUT2D eigenvalue weighted by Gasteiger charge is 2.18. The van der Waals surface area contributed by atoms with Gasteiger partial charge in [-0.1, -0.05) is 17.7 Å². The molecule has 0 radical (unpaired) electrons. The first-order valence-electron chi connectivity index (χ1n) is 6.52. The maximum absolute atomic E-state index is 6.05. The molecule has 1 aromatic heterocycles. The van der Waals surface area contributed by atoms with E-state index in [1.807, 2.05) is 19.1 Å². The van der Waals surface area contributed by atoms with Crippen LogP contribution in [0, 0.1) is 13.8 Å². The minimum absolute atomic E-state index is 0.0844. The second-order valence-corrected chi connectivity index (χ2v) is 6.03. The summed E-state index contributed by atoms with van der Waals surface area (Å²) in [5, 5.41) is 7.42. The van der Waals surface area contributed by atoms with E-state index in [9.17, 15) is 0 Å². The summed E-state index contributed by atoms with van der Waals surface area (Å²) in [6.07, 6.45) is 0. The number of nitrogens with zero attached hydrogens (tertiary/aromatic N) is 1. The lowest BCUT2D eigenvalue weighted by Crippen LogP contribution is -2.26. The Labute approximate surface area is 129 Å². The number of aromatic nitrogens is 1. The third-order valence-corrected chi connectivity index (χ3v) is 4.34. The van der Waals surface area contributed by atoms with Crippen LogP contribution in [-0.2, 0) is 4.74 Å². The zero-order chi connectivity index (χ0) is 14.5. The van der Waals surface area contributed by atoms with Crippen molar-refractivity contribution >= 4 is 22.9 Å². The van der Waals surface area contributed by atoms with Crippen LogP contribution >= 0.6 is 22.9 Å². The van der Waals surface area contributed by atoms with E-state index in [-0.39, 0.29) is 6.04 Å². The number of thiazole rings is 1. The normalized spacial score (nSPS) is 12.6. The van der Waals surface area contributed by atoms with Crippen LogP contribution in [0.2, 0.25) is 5.02 Å². The summed E-state index contributed by atoms with van der Waals surface area (Å²) < 4.78 is 5.12. The van der Waals surface area contributed by atoms with Crippen molar-refractivity contribution in [3.8, 4) is 0 Å². The predicted octanol–water partition coefficient (Wildman–Crippen LogP) is 3.74. The van der Waals surface area contributed by atoms with Crippen molar-refractivity contribution in [3.05, 3.63) is 50.4 Å². The molecule has 20 heavy (non-hydrogen) atoms. The van der Waals surface area contributed by atoms with Gasteiger partial charge in [-0.05, 0) is 37.1 Å². The topological polar surface area (TPSA) is 34.1 Å². The van der Waals surface area contributed by atoms with Gasteiger partial charge in [-0.15, -0.1) is 11.3 Å². The fraction of sp³-hybridized carbons (Fsp3) is 0.400. The number of hydrogen-bond acceptors (Lipinski definition) is 4. The van der Waals surface area contributed by atoms with Crippen molar-refractivity contribution in [2.24, 2.45) is 0 Å². The van der Waals surface area contributed by atoms with Gasteiger partial charge in [0, 0.05) is 29.8 Å². The van der Waals surface area contributed by atoms with E-state index in [4.69, 9.17) is 16.3 Å². The zero-order valence-electron chi connectivity index (χ0n) is 11.9. The summed E-state index contributed by atoms with van der Waals surface area (Å²) in [4.78, 5) is 4.61. The first-order valence-corrected chi connectivity index (χ1v) is 7.78. The molecule has 0 amide bonds. The number of hydrogen-bond donors (Lipinski definition) is 1. The molecule has 0 saturated carbocycles. The number of methoxy groups -OCH3 is 1. The van der Waals surface area contributed by atoms with Crippen molar-refractivity contribution in [2.75, 3.05) is 20.3 Å². The number of halogens is 1. The quantitative estimate of drug-likeness (QED) is 0.825. The van der Waals surface area contributed by atoms with Crippen LogP contribution in [0.15, 0.2) is 23.6 Å².